The molecule has 5 aromatic carbocycles. The number of benzene rings is 5. The second-order valence-electron chi connectivity index (χ2n) is 14.8. The molecule has 2 radical (unpaired) electrons. The van der Waals surface area contributed by atoms with Crippen LogP contribution in [0.3, 0.4) is 0 Å². The lowest BCUT2D eigenvalue weighted by molar-refractivity contribution is -0.140. The summed E-state index contributed by atoms with van der Waals surface area (Å²) < 4.78 is 84.6. The van der Waals surface area contributed by atoms with Crippen molar-refractivity contribution in [2.45, 2.75) is 48.7 Å². The van der Waals surface area contributed by atoms with E-state index >= 15 is 0 Å². The largest absolute Gasteiger partial charge is 0.469 e. The van der Waals surface area contributed by atoms with Crippen molar-refractivity contribution in [3.63, 3.8) is 0 Å². The third-order valence-corrected chi connectivity index (χ3v) is 11.7. The Labute approximate surface area is 554 Å². The van der Waals surface area contributed by atoms with Gasteiger partial charge in [0.05, 0.1) is 32.6 Å². The number of esters is 2. The van der Waals surface area contributed by atoms with Crippen LogP contribution in [0.1, 0.15) is 39.2 Å². The zero-order chi connectivity index (χ0) is 62.4. The Morgan fingerprint density at radius 3 is 1.28 bits per heavy atom. The number of methoxy groups -OCH3 is 2. The van der Waals surface area contributed by atoms with E-state index < -0.39 is 36.1 Å². The molecule has 0 bridgehead atoms. The van der Waals surface area contributed by atoms with Gasteiger partial charge in [0.2, 0.25) is 15.8 Å². The fourth-order valence-corrected chi connectivity index (χ4v) is 6.98. The number of aliphatic hydroxyl groups is 1. The monoisotopic (exact) mass is 1610 g/mol. The maximum atomic E-state index is 13.9. The van der Waals surface area contributed by atoms with Gasteiger partial charge in [-0.1, -0.05) is 174 Å². The van der Waals surface area contributed by atoms with Crippen molar-refractivity contribution in [3.05, 3.63) is 225 Å². The molecule has 5 N–H and O–H groups in total. The zero-order valence-corrected chi connectivity index (χ0v) is 57.6. The van der Waals surface area contributed by atoms with E-state index in [1.54, 1.807) is 67.8 Å². The number of aromatic nitrogens is 2. The lowest BCUT2D eigenvalue weighted by atomic mass is 9.95. The minimum absolute atomic E-state index is 0. The molecule has 2 aromatic heterocycles. The van der Waals surface area contributed by atoms with Crippen molar-refractivity contribution in [1.82, 2.24) is 9.97 Å². The molecule has 7 rings (SSSR count). The number of carbonyl (C=O) groups is 2. The van der Waals surface area contributed by atoms with Crippen LogP contribution in [-0.2, 0) is 53.0 Å². The highest BCUT2D eigenvalue weighted by molar-refractivity contribution is 9.11. The summed E-state index contributed by atoms with van der Waals surface area (Å²) >= 11 is 35.1. The van der Waals surface area contributed by atoms with Gasteiger partial charge in [-0.25, -0.2) is 32.7 Å². The molecule has 0 saturated carbocycles. The summed E-state index contributed by atoms with van der Waals surface area (Å²) in [7, 11) is 16.4. The Kier molecular flexibility index (Phi) is 50.6. The van der Waals surface area contributed by atoms with Crippen LogP contribution in [0.4, 0.5) is 22.0 Å². The van der Waals surface area contributed by atoms with Gasteiger partial charge in [0.1, 0.15) is 36.9 Å². The average molecular weight is 1620 g/mol. The van der Waals surface area contributed by atoms with Crippen LogP contribution in [0.25, 0.3) is 16.0 Å². The Balaban J connectivity index is -0.000000442. The van der Waals surface area contributed by atoms with Gasteiger partial charge in [-0.2, -0.15) is 0 Å². The molecule has 29 heteroatoms. The van der Waals surface area contributed by atoms with E-state index in [0.717, 1.165) is 44.0 Å². The Bertz CT molecular complexity index is 3080. The summed E-state index contributed by atoms with van der Waals surface area (Å²) in [5.41, 5.74) is 6.60. The van der Waals surface area contributed by atoms with Crippen molar-refractivity contribution in [2.75, 3.05) is 21.3 Å². The normalized spacial score (nSPS) is 9.43. The number of hydrogen-bond donors (Lipinski definition) is 1. The quantitative estimate of drug-likeness (QED) is 0.0408. The fourth-order valence-electron chi connectivity index (χ4n) is 5.20. The van der Waals surface area contributed by atoms with Gasteiger partial charge in [-0.05, 0) is 121 Å². The third kappa shape index (κ3) is 42.2. The van der Waals surface area contributed by atoms with Gasteiger partial charge in [0.25, 0.3) is 3.25 Å². The molecule has 2 heterocycles. The fraction of sp³-hybridized carbons (Fsp3) is 0.204. The van der Waals surface area contributed by atoms with Crippen LogP contribution in [0.2, 0.25) is 0 Å². The molecule has 0 aliphatic carbocycles. The van der Waals surface area contributed by atoms with Gasteiger partial charge in [0.15, 0.2) is 0 Å². The van der Waals surface area contributed by atoms with E-state index in [-0.39, 0.29) is 47.8 Å². The Morgan fingerprint density at radius 1 is 0.614 bits per heavy atom. The highest BCUT2D eigenvalue weighted by atomic mass is 79.9. The minimum Gasteiger partial charge on any atom is -0.469 e. The van der Waals surface area contributed by atoms with Crippen LogP contribution in [-0.4, -0.2) is 74.6 Å². The number of aliphatic hydroxyl groups excluding tert-OH is 1. The van der Waals surface area contributed by atoms with Gasteiger partial charge in [0, 0.05) is 81.0 Å². The number of hydrogen-bond acceptors (Lipinski definition) is 8. The molecular formula is C54H52BBr5Cl6F5N3O8S. The standard InChI is InChI=1S/C15H14FNO2.C9H8BrFO2.C8H5BrFN.C7H5Br2F.C7H6BrF.C6H6BN.CCl4.CH4O.Cl2OS.2H2O/c1-10-13(4-3-7-17-10)11-5-6-12(14(16)8-11)9-15(18)19-2;1-13-9(12)4-6-2-3-7(10)5-8(6)11;1-11-5-6-2-3-7(9)4-8(6)10;8-4-5-1-2-6(9)3-7(5)10;1-5-2-3-6(8)4-7(5)9;1-5-6(7)3-2-4-8-5;2-1(3,4)5;1-2;1-4(2)3;;/h3-8H,9H2,1-2H3;2-3,5H,4H2,1H3;2-4H,5H2;1-3H,4H2;2-4H,1H3;2-4H,1H3;;2H,1H3;;2*1H2. The predicted octanol–water partition coefficient (Wildman–Crippen LogP) is 16.3. The number of ether oxygens (including phenoxy) is 2. The Morgan fingerprint density at radius 2 is 0.964 bits per heavy atom. The topological polar surface area (TPSA) is 183 Å². The average Bonchev–Trinajstić information content (AvgIpc) is 3.39. The number of carbonyl (C=O) groups excluding carboxylic acids is 2. The molecule has 0 unspecified atom stereocenters. The van der Waals surface area contributed by atoms with E-state index in [1.807, 2.05) is 50.2 Å². The van der Waals surface area contributed by atoms with Gasteiger partial charge < -0.3 is 30.4 Å². The highest BCUT2D eigenvalue weighted by Crippen LogP contribution is 2.30. The number of pyridine rings is 2. The third-order valence-electron chi connectivity index (χ3n) is 9.12. The van der Waals surface area contributed by atoms with Crippen LogP contribution in [0, 0.1) is 56.4 Å². The number of alkyl halides is 5. The second-order valence-corrected chi connectivity index (χ2v) is 25.0. The van der Waals surface area contributed by atoms with E-state index in [1.165, 1.54) is 44.6 Å². The molecule has 83 heavy (non-hydrogen) atoms. The van der Waals surface area contributed by atoms with Gasteiger partial charge >= 0.3 is 11.9 Å². The molecule has 0 saturated heterocycles. The number of halogens is 16. The summed E-state index contributed by atoms with van der Waals surface area (Å²) in [5.74, 6) is -2.37. The van der Waals surface area contributed by atoms with Crippen molar-refractivity contribution < 1.29 is 61.3 Å². The molecule has 11 nitrogen and oxygen atoms in total. The SMILES string of the molecule is CO.COC(=O)Cc1ccc(-c2cccnc2C)cc1F.COC(=O)Cc1ccc(Br)cc1F.Cc1ccc(Br)cc1F.ClC(Cl)(Cl)Cl.Fc1cc(Br)ccc1CBr.O.O.O=S(Cl)Cl.[B]c1cccnc1C.[C-]#[N+]Cc1ccc(Br)cc1F. The van der Waals surface area contributed by atoms with Gasteiger partial charge in [-0.15, -0.1) is 0 Å². The smallest absolute Gasteiger partial charge is 0.310 e. The number of nitrogens with zero attached hydrogens (tertiary/aromatic N) is 3. The van der Waals surface area contributed by atoms with Crippen molar-refractivity contribution >= 4 is 182 Å². The summed E-state index contributed by atoms with van der Waals surface area (Å²) in [6.07, 6.45) is 3.33. The summed E-state index contributed by atoms with van der Waals surface area (Å²) in [6, 6.07) is 31.4. The van der Waals surface area contributed by atoms with E-state index in [2.05, 4.69) is 125 Å². The molecule has 452 valence electrons. The van der Waals surface area contributed by atoms with E-state index in [9.17, 15) is 31.5 Å². The molecule has 0 aliphatic heterocycles. The summed E-state index contributed by atoms with van der Waals surface area (Å²) in [5, 5.41) is 7.56. The number of aryl methyl sites for hydroxylation is 3. The summed E-state index contributed by atoms with van der Waals surface area (Å²) in [4.78, 5) is 33.2. The molecule has 0 spiro atoms. The first kappa shape index (κ1) is 86.2. The lowest BCUT2D eigenvalue weighted by Crippen LogP contribution is -2.07. The Hall–Kier alpha value is -3.29. The van der Waals surface area contributed by atoms with Crippen LogP contribution in [0.5, 0.6) is 0 Å². The van der Waals surface area contributed by atoms with E-state index in [4.69, 9.17) is 70.1 Å². The second kappa shape index (κ2) is 48.8. The van der Waals surface area contributed by atoms with Crippen molar-refractivity contribution in [1.29, 1.82) is 0 Å². The first-order chi connectivity index (χ1) is 38.0. The first-order valence-corrected chi connectivity index (χ1v) is 30.7. The van der Waals surface area contributed by atoms with Crippen molar-refractivity contribution in [2.24, 2.45) is 0 Å². The maximum absolute atomic E-state index is 13.9. The van der Waals surface area contributed by atoms with Crippen LogP contribution >= 0.6 is 147 Å². The summed E-state index contributed by atoms with van der Waals surface area (Å²) in [6.45, 7) is 12.1. The molecule has 0 atom stereocenters. The first-order valence-electron chi connectivity index (χ1n) is 22.0. The lowest BCUT2D eigenvalue weighted by Gasteiger charge is -2.07. The van der Waals surface area contributed by atoms with Gasteiger partial charge in [-0.3, -0.25) is 19.6 Å². The highest BCUT2D eigenvalue weighted by Gasteiger charge is 2.13. The number of rotatable bonds is 7. The molecule has 7 aromatic rings. The maximum Gasteiger partial charge on any atom is 0.310 e. The predicted molar refractivity (Wildman–Crippen MR) is 346 cm³/mol. The molecular weight excluding hydrogens is 1570 g/mol. The van der Waals surface area contributed by atoms with Crippen LogP contribution in [0.15, 0.2) is 146 Å². The molecule has 0 aliphatic rings. The van der Waals surface area contributed by atoms with Crippen molar-refractivity contribution in [3.8, 4) is 11.1 Å². The molecule has 0 amide bonds. The van der Waals surface area contributed by atoms with Crippen LogP contribution < -0.4 is 5.46 Å². The minimum atomic E-state index is -1.67. The zero-order valence-electron chi connectivity index (χ0n) is 44.3. The molecule has 0 fully saturated rings. The van der Waals surface area contributed by atoms with E-state index in [0.29, 0.717) is 42.1 Å².